The second-order valence-electron chi connectivity index (χ2n) is 2.94. The molecule has 0 amide bonds. The minimum Gasteiger partial charge on any atom is -0.399 e. The smallest absolute Gasteiger partial charge is 0.227 e. The number of nitrogens with two attached hydrogens (primary N) is 1. The normalized spacial score (nSPS) is 9.93. The molecule has 2 rings (SSSR count). The van der Waals surface area contributed by atoms with E-state index in [2.05, 4.69) is 15.3 Å². The largest absolute Gasteiger partial charge is 0.399 e. The van der Waals surface area contributed by atoms with Gasteiger partial charge < -0.3 is 11.1 Å². The van der Waals surface area contributed by atoms with Crippen LogP contribution in [0.5, 0.6) is 0 Å². The average molecular weight is 204 g/mol. The van der Waals surface area contributed by atoms with E-state index in [1.165, 1.54) is 6.07 Å². The van der Waals surface area contributed by atoms with Gasteiger partial charge in [0.15, 0.2) is 0 Å². The van der Waals surface area contributed by atoms with Gasteiger partial charge >= 0.3 is 0 Å². The molecule has 3 N–H and O–H groups in total. The molecular formula is C10H9FN4. The molecule has 4 nitrogen and oxygen atoms in total. The molecule has 0 saturated carbocycles. The van der Waals surface area contributed by atoms with Crippen molar-refractivity contribution in [2.24, 2.45) is 0 Å². The number of hydrogen-bond acceptors (Lipinski definition) is 4. The number of halogens is 1. The van der Waals surface area contributed by atoms with E-state index in [9.17, 15) is 4.39 Å². The van der Waals surface area contributed by atoms with Crippen molar-refractivity contribution in [1.29, 1.82) is 0 Å². The lowest BCUT2D eigenvalue weighted by Crippen LogP contribution is -1.98. The summed E-state index contributed by atoms with van der Waals surface area (Å²) >= 11 is 0. The van der Waals surface area contributed by atoms with Crippen LogP contribution in [0.25, 0.3) is 0 Å². The van der Waals surface area contributed by atoms with Crippen LogP contribution in [0.4, 0.5) is 21.7 Å². The fourth-order valence-corrected chi connectivity index (χ4v) is 1.12. The van der Waals surface area contributed by atoms with Gasteiger partial charge in [0.05, 0.1) is 5.69 Å². The van der Waals surface area contributed by atoms with Crippen molar-refractivity contribution in [3.8, 4) is 0 Å². The first-order chi connectivity index (χ1) is 7.25. The Morgan fingerprint density at radius 1 is 1.20 bits per heavy atom. The van der Waals surface area contributed by atoms with Crippen molar-refractivity contribution in [2.45, 2.75) is 0 Å². The Labute approximate surface area is 86.0 Å². The molecule has 0 aliphatic rings. The lowest BCUT2D eigenvalue weighted by atomic mass is 10.3. The molecule has 76 valence electrons. The molecule has 1 heterocycles. The summed E-state index contributed by atoms with van der Waals surface area (Å²) in [6.07, 6.45) is 3.15. The van der Waals surface area contributed by atoms with Crippen LogP contribution in [0.3, 0.4) is 0 Å². The minimum atomic E-state index is -0.428. The topological polar surface area (TPSA) is 63.8 Å². The lowest BCUT2D eigenvalue weighted by molar-refractivity contribution is 0.632. The maximum absolute atomic E-state index is 13.3. The van der Waals surface area contributed by atoms with Crippen LogP contribution >= 0.6 is 0 Å². The monoisotopic (exact) mass is 204 g/mol. The number of nitrogens with zero attached hydrogens (tertiary/aromatic N) is 2. The second kappa shape index (κ2) is 3.91. The zero-order valence-corrected chi connectivity index (χ0v) is 7.81. The third-order valence-corrected chi connectivity index (χ3v) is 1.81. The number of rotatable bonds is 2. The number of nitrogens with one attached hydrogen (secondary N) is 1. The molecule has 5 heteroatoms. The summed E-state index contributed by atoms with van der Waals surface area (Å²) in [6, 6.07) is 6.07. The predicted molar refractivity (Wildman–Crippen MR) is 56.1 cm³/mol. The van der Waals surface area contributed by atoms with Gasteiger partial charge in [-0.15, -0.1) is 0 Å². The van der Waals surface area contributed by atoms with Crippen LogP contribution in [0, 0.1) is 5.82 Å². The van der Waals surface area contributed by atoms with Crippen molar-refractivity contribution in [2.75, 3.05) is 11.1 Å². The minimum absolute atomic E-state index is 0.301. The Bertz CT molecular complexity index is 458. The molecule has 2 aromatic rings. The van der Waals surface area contributed by atoms with E-state index in [4.69, 9.17) is 5.73 Å². The van der Waals surface area contributed by atoms with Gasteiger partial charge in [-0.2, -0.15) is 0 Å². The molecule has 0 aliphatic carbocycles. The first-order valence-electron chi connectivity index (χ1n) is 4.35. The molecular weight excluding hydrogens is 195 g/mol. The predicted octanol–water partition coefficient (Wildman–Crippen LogP) is 1.94. The summed E-state index contributed by atoms with van der Waals surface area (Å²) in [5, 5.41) is 2.75. The summed E-state index contributed by atoms with van der Waals surface area (Å²) in [5.41, 5.74) is 6.10. The van der Waals surface area contributed by atoms with E-state index >= 15 is 0 Å². The molecule has 0 saturated heterocycles. The van der Waals surface area contributed by atoms with Gasteiger partial charge in [-0.25, -0.2) is 14.4 Å². The van der Waals surface area contributed by atoms with Crippen LogP contribution in [0.1, 0.15) is 0 Å². The Hall–Kier alpha value is -2.17. The Kier molecular flexibility index (Phi) is 2.45. The van der Waals surface area contributed by atoms with Crippen LogP contribution in [-0.2, 0) is 0 Å². The third-order valence-electron chi connectivity index (χ3n) is 1.81. The molecule has 0 spiro atoms. The summed E-state index contributed by atoms with van der Waals surface area (Å²) in [5.74, 6) is -0.0800. The zero-order valence-electron chi connectivity index (χ0n) is 7.81. The van der Waals surface area contributed by atoms with Crippen LogP contribution in [0.2, 0.25) is 0 Å². The summed E-state index contributed by atoms with van der Waals surface area (Å²) < 4.78 is 13.3. The lowest BCUT2D eigenvalue weighted by Gasteiger charge is -2.05. The second-order valence-corrected chi connectivity index (χ2v) is 2.94. The molecule has 1 aromatic heterocycles. The Morgan fingerprint density at radius 2 is 1.93 bits per heavy atom. The highest BCUT2D eigenvalue weighted by Gasteiger charge is 2.03. The molecule has 0 unspecified atom stereocenters. The van der Waals surface area contributed by atoms with E-state index in [0.29, 0.717) is 17.3 Å². The summed E-state index contributed by atoms with van der Waals surface area (Å²) in [6.45, 7) is 0. The van der Waals surface area contributed by atoms with Crippen LogP contribution < -0.4 is 11.1 Å². The number of nitrogen functional groups attached to an aromatic ring is 1. The van der Waals surface area contributed by atoms with Crippen molar-refractivity contribution in [3.05, 3.63) is 42.5 Å². The van der Waals surface area contributed by atoms with Gasteiger partial charge in [0.2, 0.25) is 5.95 Å². The summed E-state index contributed by atoms with van der Waals surface area (Å²) in [7, 11) is 0. The van der Waals surface area contributed by atoms with Gasteiger partial charge in [-0.3, -0.25) is 0 Å². The Balaban J connectivity index is 2.25. The fraction of sp³-hybridized carbons (Fsp3) is 0. The van der Waals surface area contributed by atoms with E-state index in [0.717, 1.165) is 0 Å². The third kappa shape index (κ3) is 2.19. The zero-order chi connectivity index (χ0) is 10.7. The molecule has 0 bridgehead atoms. The van der Waals surface area contributed by atoms with Gasteiger partial charge in [0, 0.05) is 18.1 Å². The van der Waals surface area contributed by atoms with E-state index in [-0.39, 0.29) is 0 Å². The highest BCUT2D eigenvalue weighted by Crippen LogP contribution is 2.19. The van der Waals surface area contributed by atoms with Gasteiger partial charge in [0.25, 0.3) is 0 Å². The van der Waals surface area contributed by atoms with Gasteiger partial charge in [0.1, 0.15) is 5.82 Å². The van der Waals surface area contributed by atoms with E-state index < -0.39 is 5.82 Å². The van der Waals surface area contributed by atoms with Crippen molar-refractivity contribution >= 4 is 17.3 Å². The van der Waals surface area contributed by atoms with E-state index in [1.54, 1.807) is 30.6 Å². The summed E-state index contributed by atoms with van der Waals surface area (Å²) in [4.78, 5) is 7.83. The molecule has 15 heavy (non-hydrogen) atoms. The molecule has 0 fully saturated rings. The van der Waals surface area contributed by atoms with Crippen LogP contribution in [0.15, 0.2) is 36.7 Å². The number of aromatic nitrogens is 2. The van der Waals surface area contributed by atoms with Crippen molar-refractivity contribution in [3.63, 3.8) is 0 Å². The van der Waals surface area contributed by atoms with E-state index in [1.807, 2.05) is 0 Å². The quantitative estimate of drug-likeness (QED) is 0.734. The Morgan fingerprint density at radius 3 is 2.60 bits per heavy atom. The maximum Gasteiger partial charge on any atom is 0.227 e. The van der Waals surface area contributed by atoms with Gasteiger partial charge in [-0.05, 0) is 24.3 Å². The van der Waals surface area contributed by atoms with Crippen LogP contribution in [-0.4, -0.2) is 9.97 Å². The fourth-order valence-electron chi connectivity index (χ4n) is 1.12. The van der Waals surface area contributed by atoms with Crippen molar-refractivity contribution < 1.29 is 4.39 Å². The molecule has 0 aliphatic heterocycles. The molecule has 1 aromatic carbocycles. The maximum atomic E-state index is 13.3. The standard InChI is InChI=1S/C10H9FN4/c11-8-6-7(12)2-3-9(8)15-10-13-4-1-5-14-10/h1-6H,12H2,(H,13,14,15). The highest BCUT2D eigenvalue weighted by atomic mass is 19.1. The van der Waals surface area contributed by atoms with Gasteiger partial charge in [-0.1, -0.05) is 0 Å². The van der Waals surface area contributed by atoms with Crippen molar-refractivity contribution in [1.82, 2.24) is 9.97 Å². The average Bonchev–Trinajstić information content (AvgIpc) is 2.24. The highest BCUT2D eigenvalue weighted by molar-refractivity contribution is 5.57. The first-order valence-corrected chi connectivity index (χ1v) is 4.35. The number of benzene rings is 1. The SMILES string of the molecule is Nc1ccc(Nc2ncccn2)c(F)c1. The number of anilines is 3. The number of hydrogen-bond donors (Lipinski definition) is 2. The molecule has 0 atom stereocenters. The first kappa shape index (κ1) is 9.39. The molecule has 0 radical (unpaired) electrons.